The van der Waals surface area contributed by atoms with E-state index < -0.39 is 0 Å². The van der Waals surface area contributed by atoms with Crippen LogP contribution < -0.4 is 5.32 Å². The van der Waals surface area contributed by atoms with E-state index in [1.54, 1.807) is 6.20 Å². The summed E-state index contributed by atoms with van der Waals surface area (Å²) in [5, 5.41) is 14.0. The Kier molecular flexibility index (Phi) is 3.34. The summed E-state index contributed by atoms with van der Waals surface area (Å²) in [4.78, 5) is 0. The summed E-state index contributed by atoms with van der Waals surface area (Å²) in [6, 6.07) is 0.133. The number of likely N-dealkylation sites (N-methyl/N-ethyl adjacent to an activating group) is 1. The zero-order valence-corrected chi connectivity index (χ0v) is 8.86. The van der Waals surface area contributed by atoms with Gasteiger partial charge in [-0.1, -0.05) is 6.92 Å². The number of hydrogen-bond donors (Lipinski definition) is 2. The maximum atomic E-state index is 5.35. The van der Waals surface area contributed by atoms with Crippen molar-refractivity contribution in [2.45, 2.75) is 25.8 Å². The van der Waals surface area contributed by atoms with E-state index in [1.807, 2.05) is 6.26 Å². The lowest BCUT2D eigenvalue weighted by molar-refractivity contribution is 0.219. The Balaban J connectivity index is 2.15. The molecule has 0 radical (unpaired) electrons. The summed E-state index contributed by atoms with van der Waals surface area (Å²) in [6.07, 6.45) is 5.74. The molecule has 0 spiro atoms. The van der Waals surface area contributed by atoms with Gasteiger partial charge in [-0.15, -0.1) is 0 Å². The summed E-state index contributed by atoms with van der Waals surface area (Å²) >= 11 is 0. The number of nitrogens with one attached hydrogen (secondary N) is 2. The van der Waals surface area contributed by atoms with E-state index in [2.05, 4.69) is 27.7 Å². The molecule has 0 saturated carbocycles. The molecule has 5 heteroatoms. The summed E-state index contributed by atoms with van der Waals surface area (Å²) in [5.74, 6) is 0. The molecule has 5 nitrogen and oxygen atoms in total. The Bertz CT molecular complexity index is 320. The van der Waals surface area contributed by atoms with Crippen LogP contribution in [0.2, 0.25) is 0 Å². The molecule has 0 saturated heterocycles. The van der Waals surface area contributed by atoms with Gasteiger partial charge in [-0.25, -0.2) is 0 Å². The zero-order chi connectivity index (χ0) is 10.5. The molecule has 1 aliphatic heterocycles. The topological polar surface area (TPSA) is 62.8 Å². The van der Waals surface area contributed by atoms with Crippen molar-refractivity contribution in [1.29, 1.82) is 0 Å². The maximum Gasteiger partial charge on any atom is 0.104 e. The van der Waals surface area contributed by atoms with Crippen LogP contribution >= 0.6 is 0 Å². The Morgan fingerprint density at radius 2 is 2.60 bits per heavy atom. The lowest BCUT2D eigenvalue weighted by Gasteiger charge is -2.21. The molecule has 1 unspecified atom stereocenters. The minimum absolute atomic E-state index is 0.133. The molecule has 1 aliphatic rings. The Labute approximate surface area is 88.9 Å². The zero-order valence-electron chi connectivity index (χ0n) is 8.86. The van der Waals surface area contributed by atoms with E-state index in [0.29, 0.717) is 0 Å². The summed E-state index contributed by atoms with van der Waals surface area (Å²) in [6.45, 7) is 3.80. The van der Waals surface area contributed by atoms with Crippen LogP contribution in [0, 0.1) is 0 Å². The highest BCUT2D eigenvalue weighted by Crippen LogP contribution is 2.25. The third-order valence-corrected chi connectivity index (χ3v) is 2.47. The van der Waals surface area contributed by atoms with Crippen molar-refractivity contribution in [3.8, 4) is 0 Å². The first-order valence-corrected chi connectivity index (χ1v) is 5.31. The fourth-order valence-electron chi connectivity index (χ4n) is 1.78. The van der Waals surface area contributed by atoms with Gasteiger partial charge in [-0.3, -0.25) is 0 Å². The number of nitrogens with zero attached hydrogens (tertiary/aromatic N) is 2. The van der Waals surface area contributed by atoms with E-state index in [1.165, 1.54) is 5.57 Å². The fourth-order valence-corrected chi connectivity index (χ4v) is 1.78. The number of aromatic nitrogens is 3. The molecule has 1 atom stereocenters. The van der Waals surface area contributed by atoms with Crippen LogP contribution in [-0.2, 0) is 4.74 Å². The third kappa shape index (κ3) is 2.36. The van der Waals surface area contributed by atoms with Crippen LogP contribution in [0.5, 0.6) is 0 Å². The second-order valence-corrected chi connectivity index (χ2v) is 3.55. The normalized spacial score (nSPS) is 18.1. The van der Waals surface area contributed by atoms with Gasteiger partial charge in [0.15, 0.2) is 0 Å². The van der Waals surface area contributed by atoms with Gasteiger partial charge < -0.3 is 10.1 Å². The molecule has 15 heavy (non-hydrogen) atoms. The van der Waals surface area contributed by atoms with E-state index in [9.17, 15) is 0 Å². The highest BCUT2D eigenvalue weighted by molar-refractivity contribution is 5.19. The minimum atomic E-state index is 0.133. The molecular weight excluding hydrogens is 192 g/mol. The van der Waals surface area contributed by atoms with Crippen molar-refractivity contribution in [1.82, 2.24) is 20.7 Å². The maximum absolute atomic E-state index is 5.35. The number of hydrogen-bond acceptors (Lipinski definition) is 4. The summed E-state index contributed by atoms with van der Waals surface area (Å²) in [7, 11) is 0. The van der Waals surface area contributed by atoms with Crippen molar-refractivity contribution >= 4 is 0 Å². The SMILES string of the molecule is CCNC(C1=COCCC1)c1cn[nH]n1. The van der Waals surface area contributed by atoms with Crippen molar-refractivity contribution in [3.63, 3.8) is 0 Å². The lowest BCUT2D eigenvalue weighted by atomic mass is 10.00. The highest BCUT2D eigenvalue weighted by atomic mass is 16.5. The molecule has 0 amide bonds. The minimum Gasteiger partial charge on any atom is -0.501 e. The van der Waals surface area contributed by atoms with E-state index in [-0.39, 0.29) is 6.04 Å². The Hall–Kier alpha value is -1.36. The largest absolute Gasteiger partial charge is 0.501 e. The molecule has 0 fully saturated rings. The van der Waals surface area contributed by atoms with Crippen LogP contribution in [0.25, 0.3) is 0 Å². The number of H-pyrrole nitrogens is 1. The summed E-state index contributed by atoms with van der Waals surface area (Å²) in [5.41, 5.74) is 2.17. The van der Waals surface area contributed by atoms with E-state index >= 15 is 0 Å². The van der Waals surface area contributed by atoms with E-state index in [4.69, 9.17) is 4.74 Å². The van der Waals surface area contributed by atoms with E-state index in [0.717, 1.165) is 31.7 Å². The molecule has 0 bridgehead atoms. The van der Waals surface area contributed by atoms with Crippen LogP contribution in [0.15, 0.2) is 18.0 Å². The van der Waals surface area contributed by atoms with Crippen LogP contribution in [0.3, 0.4) is 0 Å². The van der Waals surface area contributed by atoms with Gasteiger partial charge in [0, 0.05) is 0 Å². The average molecular weight is 208 g/mol. The Morgan fingerprint density at radius 1 is 1.67 bits per heavy atom. The van der Waals surface area contributed by atoms with Crippen molar-refractivity contribution < 1.29 is 4.74 Å². The fraction of sp³-hybridized carbons (Fsp3) is 0.600. The standard InChI is InChI=1S/C10H16N4O/c1-2-11-10(9-6-12-14-13-9)8-4-3-5-15-7-8/h6-7,10-11H,2-5H2,1H3,(H,12,13,14). The van der Waals surface area contributed by atoms with Gasteiger partial charge in [0.25, 0.3) is 0 Å². The second kappa shape index (κ2) is 4.93. The van der Waals surface area contributed by atoms with Gasteiger partial charge in [0.2, 0.25) is 0 Å². The molecule has 2 rings (SSSR count). The van der Waals surface area contributed by atoms with Crippen LogP contribution in [0.4, 0.5) is 0 Å². The van der Waals surface area contributed by atoms with Crippen molar-refractivity contribution in [2.24, 2.45) is 0 Å². The lowest BCUT2D eigenvalue weighted by Crippen LogP contribution is -2.24. The quantitative estimate of drug-likeness (QED) is 0.779. The predicted molar refractivity (Wildman–Crippen MR) is 56.1 cm³/mol. The number of rotatable bonds is 4. The molecule has 2 N–H and O–H groups in total. The monoisotopic (exact) mass is 208 g/mol. The Morgan fingerprint density at radius 3 is 3.20 bits per heavy atom. The van der Waals surface area contributed by atoms with Crippen LogP contribution in [-0.4, -0.2) is 28.6 Å². The molecule has 0 aromatic carbocycles. The van der Waals surface area contributed by atoms with Gasteiger partial charge >= 0.3 is 0 Å². The van der Waals surface area contributed by atoms with Gasteiger partial charge in [-0.05, 0) is 25.0 Å². The smallest absolute Gasteiger partial charge is 0.104 e. The van der Waals surface area contributed by atoms with Gasteiger partial charge in [0.1, 0.15) is 5.69 Å². The summed E-state index contributed by atoms with van der Waals surface area (Å²) < 4.78 is 5.35. The first kappa shape index (κ1) is 10.2. The van der Waals surface area contributed by atoms with Crippen molar-refractivity contribution in [3.05, 3.63) is 23.7 Å². The molecule has 82 valence electrons. The number of ether oxygens (including phenoxy) is 1. The van der Waals surface area contributed by atoms with Crippen LogP contribution in [0.1, 0.15) is 31.5 Å². The molecule has 0 aliphatic carbocycles. The molecule has 2 heterocycles. The molecule has 1 aromatic rings. The predicted octanol–water partition coefficient (Wildman–Crippen LogP) is 1.15. The van der Waals surface area contributed by atoms with Gasteiger partial charge in [0.05, 0.1) is 25.1 Å². The highest BCUT2D eigenvalue weighted by Gasteiger charge is 2.20. The first-order chi connectivity index (χ1) is 7.42. The third-order valence-electron chi connectivity index (χ3n) is 2.47. The van der Waals surface area contributed by atoms with Gasteiger partial charge in [-0.2, -0.15) is 15.4 Å². The second-order valence-electron chi connectivity index (χ2n) is 3.55. The molecular formula is C10H16N4O. The number of aromatic amines is 1. The van der Waals surface area contributed by atoms with Crippen molar-refractivity contribution in [2.75, 3.05) is 13.2 Å². The first-order valence-electron chi connectivity index (χ1n) is 5.31. The molecule has 1 aromatic heterocycles. The average Bonchev–Trinajstić information content (AvgIpc) is 2.80.